The molecule has 2 nitrogen and oxygen atoms in total. The average molecular weight is 204 g/mol. The van der Waals surface area contributed by atoms with Gasteiger partial charge in [0.2, 0.25) is 0 Å². The molecule has 1 aliphatic heterocycles. The second-order valence-corrected chi connectivity index (χ2v) is 4.49. The molecule has 0 spiro atoms. The first-order valence-corrected chi connectivity index (χ1v) is 6.26. The molecule has 3 heteroatoms. The van der Waals surface area contributed by atoms with E-state index in [-0.39, 0.29) is 0 Å². The monoisotopic (exact) mass is 204 g/mol. The molecule has 0 aromatic rings. The molecule has 0 aromatic heterocycles. The molecule has 1 saturated heterocycles. The van der Waals surface area contributed by atoms with Crippen LogP contribution in [0.2, 0.25) is 0 Å². The summed E-state index contributed by atoms with van der Waals surface area (Å²) in [6, 6.07) is 0.725. The van der Waals surface area contributed by atoms with Crippen LogP contribution in [-0.2, 0) is 0 Å². The molecule has 1 fully saturated rings. The lowest BCUT2D eigenvalue weighted by atomic mass is 10.2. The Labute approximate surface area is 87.8 Å². The molecule has 0 aromatic carbocycles. The van der Waals surface area contributed by atoms with Gasteiger partial charge >= 0.3 is 0 Å². The number of nitrogens with zero attached hydrogens (tertiary/aromatic N) is 2. The lowest BCUT2D eigenvalue weighted by Crippen LogP contribution is -2.47. The molecule has 0 radical (unpaired) electrons. The zero-order chi connectivity index (χ0) is 10.3. The van der Waals surface area contributed by atoms with Gasteiger partial charge < -0.3 is 4.90 Å². The van der Waals surface area contributed by atoms with E-state index in [1.54, 1.807) is 0 Å². The van der Waals surface area contributed by atoms with Gasteiger partial charge in [0.05, 0.1) is 0 Å². The van der Waals surface area contributed by atoms with Gasteiger partial charge in [0.1, 0.15) is 0 Å². The molecular weight excluding hydrogens is 180 g/mol. The van der Waals surface area contributed by atoms with Crippen molar-refractivity contribution in [3.63, 3.8) is 0 Å². The highest BCUT2D eigenvalue weighted by Crippen LogP contribution is 2.15. The summed E-state index contributed by atoms with van der Waals surface area (Å²) in [6.45, 7) is 12.2. The van der Waals surface area contributed by atoms with E-state index in [0.29, 0.717) is 0 Å². The van der Waals surface area contributed by atoms with Crippen molar-refractivity contribution >= 4 is 11.9 Å². The Balaban J connectivity index is 0.000000671. The van der Waals surface area contributed by atoms with Crippen LogP contribution in [0.15, 0.2) is 0 Å². The molecule has 13 heavy (non-hydrogen) atoms. The van der Waals surface area contributed by atoms with E-state index in [9.17, 15) is 0 Å². The van der Waals surface area contributed by atoms with Crippen LogP contribution < -0.4 is 0 Å². The highest BCUT2D eigenvalue weighted by atomic mass is 32.2. The minimum atomic E-state index is 0.725. The number of hydrogen-bond acceptors (Lipinski definition) is 3. The Morgan fingerprint density at radius 3 is 2.38 bits per heavy atom. The van der Waals surface area contributed by atoms with Gasteiger partial charge in [-0.05, 0) is 14.0 Å². The Bertz CT molecular complexity index is 119. The molecule has 80 valence electrons. The fourth-order valence-corrected chi connectivity index (χ4v) is 2.21. The molecule has 0 saturated carbocycles. The molecule has 0 N–H and O–H groups in total. The van der Waals surface area contributed by atoms with Crippen LogP contribution in [0.25, 0.3) is 0 Å². The molecule has 0 bridgehead atoms. The molecule has 1 rings (SSSR count). The average Bonchev–Trinajstić information content (AvgIpc) is 2.15. The third-order valence-corrected chi connectivity index (χ3v) is 3.19. The largest absolute Gasteiger partial charge is 0.301 e. The normalized spacial score (nSPS) is 25.2. The van der Waals surface area contributed by atoms with Crippen molar-refractivity contribution in [3.8, 4) is 0 Å². The predicted molar refractivity (Wildman–Crippen MR) is 63.1 cm³/mol. The summed E-state index contributed by atoms with van der Waals surface area (Å²) in [5.41, 5.74) is 0. The van der Waals surface area contributed by atoms with Gasteiger partial charge in [0.15, 0.2) is 0 Å². The maximum absolute atomic E-state index is 2.48. The molecule has 1 unspecified atom stereocenters. The smallest absolute Gasteiger partial charge is 0.0243 e. The Morgan fingerprint density at radius 2 is 1.92 bits per heavy atom. The number of piperazine rings is 1. The molecule has 1 aliphatic rings. The van der Waals surface area contributed by atoms with E-state index >= 15 is 0 Å². The summed E-state index contributed by atoms with van der Waals surface area (Å²) in [5, 5.41) is 0. The van der Waals surface area contributed by atoms with Crippen molar-refractivity contribution in [1.29, 1.82) is 0 Å². The van der Waals surface area contributed by atoms with E-state index in [1.165, 1.54) is 25.4 Å². The first-order valence-electron chi connectivity index (χ1n) is 5.32. The molecule has 1 atom stereocenters. The number of likely N-dealkylation sites (N-methyl/N-ethyl adjacent to an activating group) is 1. The van der Waals surface area contributed by atoms with Crippen LogP contribution in [0, 0.1) is 0 Å². The van der Waals surface area contributed by atoms with Crippen molar-refractivity contribution in [1.82, 2.24) is 9.21 Å². The summed E-state index contributed by atoms with van der Waals surface area (Å²) < 4.78 is 2.48. The second-order valence-electron chi connectivity index (χ2n) is 3.14. The maximum atomic E-state index is 2.48. The quantitative estimate of drug-likeness (QED) is 0.637. The summed E-state index contributed by atoms with van der Waals surface area (Å²) in [6.07, 6.45) is 0. The first-order chi connectivity index (χ1) is 6.24. The lowest BCUT2D eigenvalue weighted by Gasteiger charge is -2.36. The Kier molecular flexibility index (Phi) is 7.81. The Morgan fingerprint density at radius 1 is 1.31 bits per heavy atom. The molecule has 1 heterocycles. The molecule has 0 aliphatic carbocycles. The molecule has 0 amide bonds. The van der Waals surface area contributed by atoms with Crippen molar-refractivity contribution in [3.05, 3.63) is 0 Å². The minimum absolute atomic E-state index is 0.725. The maximum Gasteiger partial charge on any atom is 0.0243 e. The highest BCUT2D eigenvalue weighted by Gasteiger charge is 2.19. The summed E-state index contributed by atoms with van der Waals surface area (Å²) in [7, 11) is 2.21. The first kappa shape index (κ1) is 13.3. The van der Waals surface area contributed by atoms with Crippen LogP contribution in [0.1, 0.15) is 27.7 Å². The fourth-order valence-electron chi connectivity index (χ4n) is 1.31. The number of hydrogen-bond donors (Lipinski definition) is 0. The zero-order valence-corrected chi connectivity index (χ0v) is 10.5. The van der Waals surface area contributed by atoms with Crippen molar-refractivity contribution in [2.45, 2.75) is 33.7 Å². The lowest BCUT2D eigenvalue weighted by molar-refractivity contribution is 0.167. The summed E-state index contributed by atoms with van der Waals surface area (Å²) in [4.78, 5) is 2.42. The van der Waals surface area contributed by atoms with Gasteiger partial charge in [-0.15, -0.1) is 0 Å². The third-order valence-electron chi connectivity index (χ3n) is 2.23. The topological polar surface area (TPSA) is 6.48 Å². The van der Waals surface area contributed by atoms with E-state index in [1.807, 2.05) is 25.8 Å². The third kappa shape index (κ3) is 4.89. The van der Waals surface area contributed by atoms with E-state index in [2.05, 4.69) is 30.1 Å². The highest BCUT2D eigenvalue weighted by molar-refractivity contribution is 7.96. The second kappa shape index (κ2) is 7.65. The zero-order valence-electron chi connectivity index (χ0n) is 9.71. The standard InChI is InChI=1S/C8H18N2S.C2H6/c1-4-11-10-6-5-9(3)8(2)7-10;1-2/h8H,4-7H2,1-3H3;1-2H3. The van der Waals surface area contributed by atoms with Crippen molar-refractivity contribution in [2.75, 3.05) is 32.4 Å². The van der Waals surface area contributed by atoms with Crippen molar-refractivity contribution < 1.29 is 0 Å². The fraction of sp³-hybridized carbons (Fsp3) is 1.00. The van der Waals surface area contributed by atoms with E-state index < -0.39 is 0 Å². The van der Waals surface area contributed by atoms with Crippen LogP contribution >= 0.6 is 11.9 Å². The van der Waals surface area contributed by atoms with E-state index in [0.717, 1.165) is 6.04 Å². The SMILES string of the molecule is CC.CCSN1CCN(C)C(C)C1. The number of rotatable bonds is 2. The van der Waals surface area contributed by atoms with Gasteiger partial charge in [-0.2, -0.15) is 0 Å². The van der Waals surface area contributed by atoms with E-state index in [4.69, 9.17) is 0 Å². The van der Waals surface area contributed by atoms with Crippen LogP contribution in [-0.4, -0.2) is 47.7 Å². The Hall–Kier alpha value is 0.270. The van der Waals surface area contributed by atoms with Gasteiger partial charge in [-0.3, -0.25) is 0 Å². The van der Waals surface area contributed by atoms with Gasteiger partial charge in [-0.25, -0.2) is 4.31 Å². The van der Waals surface area contributed by atoms with Crippen LogP contribution in [0.4, 0.5) is 0 Å². The molecular formula is C10H24N2S. The van der Waals surface area contributed by atoms with Gasteiger partial charge in [0.25, 0.3) is 0 Å². The predicted octanol–water partition coefficient (Wildman–Crippen LogP) is 2.32. The van der Waals surface area contributed by atoms with Crippen molar-refractivity contribution in [2.24, 2.45) is 0 Å². The summed E-state index contributed by atoms with van der Waals surface area (Å²) >= 11 is 1.96. The minimum Gasteiger partial charge on any atom is -0.301 e. The van der Waals surface area contributed by atoms with Crippen LogP contribution in [0.3, 0.4) is 0 Å². The van der Waals surface area contributed by atoms with Gasteiger partial charge in [0, 0.05) is 31.4 Å². The van der Waals surface area contributed by atoms with Gasteiger partial charge in [-0.1, -0.05) is 32.7 Å². The van der Waals surface area contributed by atoms with Crippen LogP contribution in [0.5, 0.6) is 0 Å². The summed E-state index contributed by atoms with van der Waals surface area (Å²) in [5.74, 6) is 1.20.